The molecule has 1 nitrogen and oxygen atoms in total. The smallest absolute Gasteiger partial charge is 0.0465 e. The lowest BCUT2D eigenvalue weighted by molar-refractivity contribution is 0.420. The van der Waals surface area contributed by atoms with Gasteiger partial charge in [-0.2, -0.15) is 0 Å². The van der Waals surface area contributed by atoms with Crippen LogP contribution in [0.25, 0.3) is 33.4 Å². The maximum absolute atomic E-state index is 2.51. The van der Waals surface area contributed by atoms with Crippen LogP contribution >= 0.6 is 0 Å². The Balaban J connectivity index is 1.04. The molecular formula is C52H51N. The first-order valence-corrected chi connectivity index (χ1v) is 20.5. The molecule has 3 unspecified atom stereocenters. The first-order chi connectivity index (χ1) is 26.0. The lowest BCUT2D eigenvalue weighted by Gasteiger charge is -2.29. The van der Waals surface area contributed by atoms with Crippen molar-refractivity contribution in [3.8, 4) is 33.4 Å². The Morgan fingerprint density at radius 2 is 1.13 bits per heavy atom. The molecule has 4 aliphatic rings. The first-order valence-electron chi connectivity index (χ1n) is 20.5. The van der Waals surface area contributed by atoms with Gasteiger partial charge in [0.05, 0.1) is 0 Å². The molecule has 0 aromatic heterocycles. The van der Waals surface area contributed by atoms with Gasteiger partial charge >= 0.3 is 0 Å². The molecule has 3 atom stereocenters. The van der Waals surface area contributed by atoms with Gasteiger partial charge in [0.15, 0.2) is 0 Å². The lowest BCUT2D eigenvalue weighted by Crippen LogP contribution is -2.16. The average Bonchev–Trinajstić information content (AvgIpc) is 3.92. The molecule has 10 rings (SSSR count). The van der Waals surface area contributed by atoms with Crippen molar-refractivity contribution >= 4 is 17.1 Å². The Hall–Kier alpha value is -4.88. The minimum Gasteiger partial charge on any atom is -0.310 e. The Bertz CT molecular complexity index is 2250. The van der Waals surface area contributed by atoms with Crippen LogP contribution in [0.4, 0.5) is 17.1 Å². The van der Waals surface area contributed by atoms with E-state index in [2.05, 4.69) is 158 Å². The maximum atomic E-state index is 2.51. The summed E-state index contributed by atoms with van der Waals surface area (Å²) in [5.74, 6) is 3.30. The highest BCUT2D eigenvalue weighted by Crippen LogP contribution is 2.54. The van der Waals surface area contributed by atoms with Gasteiger partial charge in [-0.3, -0.25) is 0 Å². The second-order valence-electron chi connectivity index (χ2n) is 17.2. The van der Waals surface area contributed by atoms with Gasteiger partial charge in [-0.25, -0.2) is 0 Å². The summed E-state index contributed by atoms with van der Waals surface area (Å²) in [5.41, 5.74) is 17.3. The van der Waals surface area contributed by atoms with Crippen molar-refractivity contribution in [2.45, 2.75) is 88.9 Å². The fourth-order valence-corrected chi connectivity index (χ4v) is 11.0. The molecule has 0 aliphatic heterocycles. The second kappa shape index (κ2) is 13.2. The predicted molar refractivity (Wildman–Crippen MR) is 224 cm³/mol. The Morgan fingerprint density at radius 3 is 1.81 bits per heavy atom. The largest absolute Gasteiger partial charge is 0.310 e. The van der Waals surface area contributed by atoms with Gasteiger partial charge in [0, 0.05) is 22.5 Å². The zero-order valence-corrected chi connectivity index (χ0v) is 31.4. The number of hydrogen-bond donors (Lipinski definition) is 0. The summed E-state index contributed by atoms with van der Waals surface area (Å²) >= 11 is 0. The topological polar surface area (TPSA) is 3.24 Å². The van der Waals surface area contributed by atoms with E-state index in [1.165, 1.54) is 125 Å². The zero-order valence-electron chi connectivity index (χ0n) is 31.4. The van der Waals surface area contributed by atoms with Crippen LogP contribution in [0, 0.1) is 11.8 Å². The summed E-state index contributed by atoms with van der Waals surface area (Å²) < 4.78 is 0. The second-order valence-corrected chi connectivity index (χ2v) is 17.2. The van der Waals surface area contributed by atoms with E-state index in [0.29, 0.717) is 5.92 Å². The Labute approximate surface area is 316 Å². The highest BCUT2D eigenvalue weighted by molar-refractivity contribution is 5.90. The third-order valence-electron chi connectivity index (χ3n) is 13.8. The fraction of sp³-hybridized carbons (Fsp3) is 0.308. The maximum Gasteiger partial charge on any atom is 0.0465 e. The number of nitrogens with zero attached hydrogens (tertiary/aromatic N) is 1. The SMILES string of the molecule is CC1(C)c2ccc(-c3ccccc3-c3ccccc3)cc2-c2ccc(N(c3ccc(C4CCCCC4)cc3)c3ccc(C4CC5CCC4C5)cc3)cc21. The molecule has 2 bridgehead atoms. The summed E-state index contributed by atoms with van der Waals surface area (Å²) in [6.45, 7) is 4.82. The van der Waals surface area contributed by atoms with Crippen molar-refractivity contribution in [1.82, 2.24) is 0 Å². The highest BCUT2D eigenvalue weighted by Gasteiger charge is 2.40. The van der Waals surface area contributed by atoms with Crippen molar-refractivity contribution in [2.75, 3.05) is 4.90 Å². The molecule has 0 saturated heterocycles. The van der Waals surface area contributed by atoms with E-state index < -0.39 is 0 Å². The van der Waals surface area contributed by atoms with Crippen molar-refractivity contribution in [1.29, 1.82) is 0 Å². The summed E-state index contributed by atoms with van der Waals surface area (Å²) in [5, 5.41) is 0. The molecule has 0 N–H and O–H groups in total. The van der Waals surface area contributed by atoms with Gasteiger partial charge < -0.3 is 4.90 Å². The molecule has 264 valence electrons. The number of anilines is 3. The minimum atomic E-state index is -0.111. The standard InChI is InChI=1S/C52H51N/c1-52(2)50-30-23-41(46-16-10-9-15-45(46)38-13-7-4-8-14-38)33-49(50)47-29-28-44(34-51(47)52)53(42-24-19-37(20-25-42)36-11-5-3-6-12-36)43-26-21-39(22-27-43)48-32-35-17-18-40(48)31-35/h4,7-10,13-16,19-30,33-36,40,48H,3,5-6,11-12,17-18,31-32H2,1-2H3. The number of benzene rings is 6. The van der Waals surface area contributed by atoms with E-state index in [1.807, 2.05) is 0 Å². The highest BCUT2D eigenvalue weighted by atomic mass is 15.1. The molecule has 4 aliphatic carbocycles. The van der Waals surface area contributed by atoms with Crippen molar-refractivity contribution in [2.24, 2.45) is 11.8 Å². The predicted octanol–water partition coefficient (Wildman–Crippen LogP) is 14.7. The van der Waals surface area contributed by atoms with Crippen LogP contribution in [0.3, 0.4) is 0 Å². The van der Waals surface area contributed by atoms with E-state index in [-0.39, 0.29) is 5.41 Å². The van der Waals surface area contributed by atoms with Gasteiger partial charge in [0.1, 0.15) is 0 Å². The van der Waals surface area contributed by atoms with E-state index in [1.54, 1.807) is 5.56 Å². The Kier molecular flexibility index (Phi) is 8.16. The quantitative estimate of drug-likeness (QED) is 0.161. The normalized spacial score (nSPS) is 21.4. The number of rotatable bonds is 7. The lowest BCUT2D eigenvalue weighted by atomic mass is 9.81. The van der Waals surface area contributed by atoms with Crippen molar-refractivity contribution < 1.29 is 0 Å². The van der Waals surface area contributed by atoms with Gasteiger partial charge in [-0.05, 0) is 154 Å². The van der Waals surface area contributed by atoms with Gasteiger partial charge in [0.25, 0.3) is 0 Å². The van der Waals surface area contributed by atoms with Gasteiger partial charge in [-0.15, -0.1) is 0 Å². The van der Waals surface area contributed by atoms with Crippen molar-refractivity contribution in [3.63, 3.8) is 0 Å². The molecular weight excluding hydrogens is 639 g/mol. The van der Waals surface area contributed by atoms with Crippen LogP contribution < -0.4 is 4.90 Å². The monoisotopic (exact) mass is 689 g/mol. The Morgan fingerprint density at radius 1 is 0.472 bits per heavy atom. The molecule has 53 heavy (non-hydrogen) atoms. The first kappa shape index (κ1) is 32.7. The summed E-state index contributed by atoms with van der Waals surface area (Å²) in [6.07, 6.45) is 12.5. The summed E-state index contributed by atoms with van der Waals surface area (Å²) in [7, 11) is 0. The number of fused-ring (bicyclic) bond motifs is 5. The minimum absolute atomic E-state index is 0.111. The molecule has 3 fully saturated rings. The summed E-state index contributed by atoms with van der Waals surface area (Å²) in [6, 6.07) is 53.4. The molecule has 1 heteroatoms. The fourth-order valence-electron chi connectivity index (χ4n) is 11.0. The van der Waals surface area contributed by atoms with Crippen LogP contribution in [0.1, 0.15) is 106 Å². The van der Waals surface area contributed by atoms with E-state index in [4.69, 9.17) is 0 Å². The van der Waals surface area contributed by atoms with Crippen LogP contribution in [0.15, 0.2) is 140 Å². The average molecular weight is 690 g/mol. The van der Waals surface area contributed by atoms with Crippen molar-refractivity contribution in [3.05, 3.63) is 162 Å². The van der Waals surface area contributed by atoms with Crippen LogP contribution in [-0.2, 0) is 5.41 Å². The zero-order chi connectivity index (χ0) is 35.5. The van der Waals surface area contributed by atoms with E-state index in [9.17, 15) is 0 Å². The molecule has 0 heterocycles. The van der Waals surface area contributed by atoms with Crippen LogP contribution in [-0.4, -0.2) is 0 Å². The molecule has 0 amide bonds. The molecule has 0 spiro atoms. The molecule has 3 saturated carbocycles. The summed E-state index contributed by atoms with van der Waals surface area (Å²) in [4.78, 5) is 2.51. The number of hydrogen-bond acceptors (Lipinski definition) is 1. The molecule has 6 aromatic rings. The van der Waals surface area contributed by atoms with E-state index in [0.717, 1.165) is 17.8 Å². The van der Waals surface area contributed by atoms with Crippen LogP contribution in [0.2, 0.25) is 0 Å². The van der Waals surface area contributed by atoms with E-state index >= 15 is 0 Å². The van der Waals surface area contributed by atoms with Gasteiger partial charge in [0.2, 0.25) is 0 Å². The third-order valence-corrected chi connectivity index (χ3v) is 13.8. The van der Waals surface area contributed by atoms with Gasteiger partial charge in [-0.1, -0.05) is 137 Å². The molecule has 0 radical (unpaired) electrons. The molecule has 6 aromatic carbocycles. The third kappa shape index (κ3) is 5.75. The van der Waals surface area contributed by atoms with Crippen LogP contribution in [0.5, 0.6) is 0 Å².